The van der Waals surface area contributed by atoms with Gasteiger partial charge in [0, 0.05) is 13.1 Å². The molecule has 0 aliphatic carbocycles. The smallest absolute Gasteiger partial charge is 0.126 e. The van der Waals surface area contributed by atoms with E-state index in [1.165, 1.54) is 19.5 Å². The van der Waals surface area contributed by atoms with Gasteiger partial charge in [0.15, 0.2) is 0 Å². The fourth-order valence-corrected chi connectivity index (χ4v) is 2.53. The molecule has 1 fully saturated rings. The van der Waals surface area contributed by atoms with Gasteiger partial charge in [-0.25, -0.2) is 4.39 Å². The molecule has 1 aliphatic rings. The molecule has 1 N–H and O–H groups in total. The van der Waals surface area contributed by atoms with Crippen LogP contribution in [0.3, 0.4) is 0 Å². The summed E-state index contributed by atoms with van der Waals surface area (Å²) in [5.74, 6) is 0.646. The highest BCUT2D eigenvalue weighted by molar-refractivity contribution is 5.23. The fraction of sp³-hybridized carbons (Fsp3) is 0.600. The van der Waals surface area contributed by atoms with Crippen LogP contribution in [0.5, 0.6) is 0 Å². The molecule has 1 atom stereocenters. The first-order valence-corrected chi connectivity index (χ1v) is 6.87. The van der Waals surface area contributed by atoms with E-state index >= 15 is 0 Å². The third kappa shape index (κ3) is 3.53. The first-order chi connectivity index (χ1) is 8.69. The van der Waals surface area contributed by atoms with Gasteiger partial charge < -0.3 is 10.2 Å². The van der Waals surface area contributed by atoms with Crippen LogP contribution in [0.2, 0.25) is 0 Å². The van der Waals surface area contributed by atoms with Crippen LogP contribution in [-0.2, 0) is 6.54 Å². The van der Waals surface area contributed by atoms with E-state index in [2.05, 4.69) is 17.1 Å². The first kappa shape index (κ1) is 13.5. The maximum atomic E-state index is 13.4. The highest BCUT2D eigenvalue weighted by Gasteiger charge is 2.20. The number of hydrogen-bond acceptors (Lipinski definition) is 2. The van der Waals surface area contributed by atoms with Crippen molar-refractivity contribution in [3.63, 3.8) is 0 Å². The SMILES string of the molecule is CCN1CCC(CNCc2ccc(C)c(F)c2)C1. The standard InChI is InChI=1S/C15H23FN2/c1-3-18-7-6-14(11-18)10-17-9-13-5-4-12(2)15(16)8-13/h4-5,8,14,17H,3,6-7,9-11H2,1-2H3. The summed E-state index contributed by atoms with van der Waals surface area (Å²) in [6, 6.07) is 5.48. The number of hydrogen-bond donors (Lipinski definition) is 1. The van der Waals surface area contributed by atoms with Crippen molar-refractivity contribution in [2.45, 2.75) is 26.8 Å². The molecule has 0 amide bonds. The fourth-order valence-electron chi connectivity index (χ4n) is 2.53. The Labute approximate surface area is 109 Å². The van der Waals surface area contributed by atoms with Crippen molar-refractivity contribution < 1.29 is 4.39 Å². The number of likely N-dealkylation sites (tertiary alicyclic amines) is 1. The molecular formula is C15H23FN2. The minimum Gasteiger partial charge on any atom is -0.312 e. The maximum Gasteiger partial charge on any atom is 0.126 e. The Morgan fingerprint density at radius 1 is 1.44 bits per heavy atom. The Kier molecular flexibility index (Phi) is 4.72. The lowest BCUT2D eigenvalue weighted by Gasteiger charge is -2.13. The topological polar surface area (TPSA) is 15.3 Å². The Bertz CT molecular complexity index is 392. The molecule has 0 aromatic heterocycles. The number of aryl methyl sites for hydroxylation is 1. The van der Waals surface area contributed by atoms with Gasteiger partial charge in [-0.15, -0.1) is 0 Å². The summed E-state index contributed by atoms with van der Waals surface area (Å²) in [7, 11) is 0. The Hall–Kier alpha value is -0.930. The molecule has 1 saturated heterocycles. The number of benzene rings is 1. The van der Waals surface area contributed by atoms with Crippen molar-refractivity contribution in [1.29, 1.82) is 0 Å². The molecule has 0 spiro atoms. The third-order valence-corrected chi connectivity index (χ3v) is 3.82. The summed E-state index contributed by atoms with van der Waals surface area (Å²) in [6.07, 6.45) is 1.28. The number of rotatable bonds is 5. The van der Waals surface area contributed by atoms with Crippen LogP contribution in [0, 0.1) is 18.7 Å². The first-order valence-electron chi connectivity index (χ1n) is 6.87. The van der Waals surface area contributed by atoms with E-state index in [1.807, 2.05) is 12.1 Å². The average molecular weight is 250 g/mol. The van der Waals surface area contributed by atoms with E-state index in [-0.39, 0.29) is 5.82 Å². The molecular weight excluding hydrogens is 227 g/mol. The van der Waals surface area contributed by atoms with Crippen LogP contribution in [0.1, 0.15) is 24.5 Å². The molecule has 2 rings (SSSR count). The summed E-state index contributed by atoms with van der Waals surface area (Å²) in [5.41, 5.74) is 1.75. The van der Waals surface area contributed by atoms with Crippen LogP contribution >= 0.6 is 0 Å². The van der Waals surface area contributed by atoms with Crippen molar-refractivity contribution in [3.05, 3.63) is 35.1 Å². The lowest BCUT2D eigenvalue weighted by atomic mass is 10.1. The minimum atomic E-state index is -0.104. The second kappa shape index (κ2) is 6.30. The molecule has 1 aromatic carbocycles. The molecule has 1 aliphatic heterocycles. The van der Waals surface area contributed by atoms with Crippen molar-refractivity contribution in [2.75, 3.05) is 26.2 Å². The molecule has 100 valence electrons. The number of halogens is 1. The van der Waals surface area contributed by atoms with Gasteiger partial charge in [0.25, 0.3) is 0 Å². The molecule has 1 heterocycles. The molecule has 1 aromatic rings. The van der Waals surface area contributed by atoms with Crippen LogP contribution in [-0.4, -0.2) is 31.1 Å². The summed E-state index contributed by atoms with van der Waals surface area (Å²) < 4.78 is 13.4. The Morgan fingerprint density at radius 2 is 2.28 bits per heavy atom. The van der Waals surface area contributed by atoms with Gasteiger partial charge >= 0.3 is 0 Å². The zero-order valence-electron chi connectivity index (χ0n) is 11.4. The summed E-state index contributed by atoms with van der Waals surface area (Å²) in [6.45, 7) is 9.38. The van der Waals surface area contributed by atoms with Crippen LogP contribution in [0.25, 0.3) is 0 Å². The minimum absolute atomic E-state index is 0.104. The lowest BCUT2D eigenvalue weighted by molar-refractivity contribution is 0.339. The number of nitrogens with zero attached hydrogens (tertiary/aromatic N) is 1. The normalized spacial score (nSPS) is 20.5. The van der Waals surface area contributed by atoms with Crippen LogP contribution in [0.4, 0.5) is 4.39 Å². The summed E-state index contributed by atoms with van der Waals surface area (Å²) >= 11 is 0. The molecule has 0 radical (unpaired) electrons. The van der Waals surface area contributed by atoms with Crippen LogP contribution < -0.4 is 5.32 Å². The quantitative estimate of drug-likeness (QED) is 0.864. The predicted octanol–water partition coefficient (Wildman–Crippen LogP) is 2.57. The molecule has 3 heteroatoms. The zero-order valence-corrected chi connectivity index (χ0v) is 11.4. The van der Waals surface area contributed by atoms with E-state index in [9.17, 15) is 4.39 Å². The Balaban J connectivity index is 1.73. The molecule has 0 bridgehead atoms. The van der Waals surface area contributed by atoms with Gasteiger partial charge in [0.05, 0.1) is 0 Å². The molecule has 1 unspecified atom stereocenters. The number of nitrogens with one attached hydrogen (secondary N) is 1. The third-order valence-electron chi connectivity index (χ3n) is 3.82. The second-order valence-electron chi connectivity index (χ2n) is 5.26. The zero-order chi connectivity index (χ0) is 13.0. The van der Waals surface area contributed by atoms with E-state index < -0.39 is 0 Å². The summed E-state index contributed by atoms with van der Waals surface area (Å²) in [4.78, 5) is 2.48. The van der Waals surface area contributed by atoms with Gasteiger partial charge in [-0.3, -0.25) is 0 Å². The van der Waals surface area contributed by atoms with E-state index in [0.717, 1.165) is 31.1 Å². The Morgan fingerprint density at radius 3 is 2.94 bits per heavy atom. The summed E-state index contributed by atoms with van der Waals surface area (Å²) in [5, 5.41) is 3.44. The van der Waals surface area contributed by atoms with Crippen molar-refractivity contribution in [3.8, 4) is 0 Å². The van der Waals surface area contributed by atoms with E-state index in [4.69, 9.17) is 0 Å². The van der Waals surface area contributed by atoms with Gasteiger partial charge in [-0.1, -0.05) is 19.1 Å². The van der Waals surface area contributed by atoms with Crippen LogP contribution in [0.15, 0.2) is 18.2 Å². The van der Waals surface area contributed by atoms with Crippen molar-refractivity contribution in [2.24, 2.45) is 5.92 Å². The largest absolute Gasteiger partial charge is 0.312 e. The van der Waals surface area contributed by atoms with Crippen molar-refractivity contribution in [1.82, 2.24) is 10.2 Å². The monoisotopic (exact) mass is 250 g/mol. The molecule has 2 nitrogen and oxygen atoms in total. The van der Waals surface area contributed by atoms with Gasteiger partial charge in [-0.2, -0.15) is 0 Å². The second-order valence-corrected chi connectivity index (χ2v) is 5.26. The molecule has 18 heavy (non-hydrogen) atoms. The van der Waals surface area contributed by atoms with Gasteiger partial charge in [-0.05, 0) is 56.1 Å². The van der Waals surface area contributed by atoms with Gasteiger partial charge in [0.2, 0.25) is 0 Å². The molecule has 0 saturated carbocycles. The van der Waals surface area contributed by atoms with E-state index in [1.54, 1.807) is 13.0 Å². The highest BCUT2D eigenvalue weighted by Crippen LogP contribution is 2.15. The maximum absolute atomic E-state index is 13.4. The van der Waals surface area contributed by atoms with Crippen molar-refractivity contribution >= 4 is 0 Å². The average Bonchev–Trinajstić information content (AvgIpc) is 2.82. The predicted molar refractivity (Wildman–Crippen MR) is 73.1 cm³/mol. The van der Waals surface area contributed by atoms with E-state index in [0.29, 0.717) is 5.56 Å². The lowest BCUT2D eigenvalue weighted by Crippen LogP contribution is -2.26. The van der Waals surface area contributed by atoms with Gasteiger partial charge in [0.1, 0.15) is 5.82 Å². The highest BCUT2D eigenvalue weighted by atomic mass is 19.1.